The van der Waals surface area contributed by atoms with E-state index in [2.05, 4.69) is 46.3 Å². The Bertz CT molecular complexity index is 342. The lowest BCUT2D eigenvalue weighted by Crippen LogP contribution is -2.37. The van der Waals surface area contributed by atoms with E-state index in [1.54, 1.807) is 18.4 Å². The zero-order chi connectivity index (χ0) is 13.2. The number of guanidine groups is 1. The predicted molar refractivity (Wildman–Crippen MR) is 93.6 cm³/mol. The average molecular weight is 397 g/mol. The maximum atomic E-state index is 5.48. The van der Waals surface area contributed by atoms with Crippen LogP contribution in [0.3, 0.4) is 0 Å². The third-order valence-electron chi connectivity index (χ3n) is 2.33. The SMILES string of the molecule is CN=C(NCCCOC(C)C)NCc1ccsc1.I. The zero-order valence-corrected chi connectivity index (χ0v) is 15.0. The lowest BCUT2D eigenvalue weighted by Gasteiger charge is -2.12. The van der Waals surface area contributed by atoms with Gasteiger partial charge >= 0.3 is 0 Å². The van der Waals surface area contributed by atoms with E-state index >= 15 is 0 Å². The van der Waals surface area contributed by atoms with E-state index in [1.807, 2.05) is 0 Å². The number of thiophene rings is 1. The molecule has 1 heterocycles. The van der Waals surface area contributed by atoms with Crippen molar-refractivity contribution in [2.45, 2.75) is 32.9 Å². The summed E-state index contributed by atoms with van der Waals surface area (Å²) in [6.07, 6.45) is 1.29. The molecule has 6 heteroatoms. The zero-order valence-electron chi connectivity index (χ0n) is 11.8. The molecule has 0 spiro atoms. The first kappa shape index (κ1) is 18.7. The van der Waals surface area contributed by atoms with Gasteiger partial charge in [-0.25, -0.2) is 0 Å². The number of nitrogens with zero attached hydrogens (tertiary/aromatic N) is 1. The van der Waals surface area contributed by atoms with Crippen LogP contribution in [0.2, 0.25) is 0 Å². The normalized spacial score (nSPS) is 11.3. The van der Waals surface area contributed by atoms with Gasteiger partial charge in [-0.1, -0.05) is 0 Å². The minimum atomic E-state index is 0. The molecule has 1 rings (SSSR count). The molecular weight excluding hydrogens is 373 g/mol. The molecule has 1 aromatic rings. The highest BCUT2D eigenvalue weighted by atomic mass is 127. The Labute approximate surface area is 137 Å². The lowest BCUT2D eigenvalue weighted by molar-refractivity contribution is 0.0776. The van der Waals surface area contributed by atoms with Gasteiger partial charge in [0, 0.05) is 26.7 Å². The number of nitrogens with one attached hydrogen (secondary N) is 2. The van der Waals surface area contributed by atoms with Gasteiger partial charge in [0.2, 0.25) is 0 Å². The number of aliphatic imine (C=N–C) groups is 1. The second-order valence-electron chi connectivity index (χ2n) is 4.26. The van der Waals surface area contributed by atoms with Crippen molar-refractivity contribution < 1.29 is 4.74 Å². The molecule has 19 heavy (non-hydrogen) atoms. The van der Waals surface area contributed by atoms with E-state index in [-0.39, 0.29) is 24.0 Å². The molecule has 0 amide bonds. The topological polar surface area (TPSA) is 45.7 Å². The van der Waals surface area contributed by atoms with Crippen molar-refractivity contribution in [2.75, 3.05) is 20.2 Å². The number of hydrogen-bond acceptors (Lipinski definition) is 3. The first-order valence-electron chi connectivity index (χ1n) is 6.29. The number of rotatable bonds is 7. The maximum Gasteiger partial charge on any atom is 0.191 e. The summed E-state index contributed by atoms with van der Waals surface area (Å²) in [7, 11) is 1.79. The molecule has 0 fully saturated rings. The van der Waals surface area contributed by atoms with Gasteiger partial charge in [0.15, 0.2) is 5.96 Å². The first-order chi connectivity index (χ1) is 8.72. The molecule has 2 N–H and O–H groups in total. The van der Waals surface area contributed by atoms with Crippen molar-refractivity contribution in [2.24, 2.45) is 4.99 Å². The molecule has 0 aliphatic rings. The highest BCUT2D eigenvalue weighted by Crippen LogP contribution is 2.04. The van der Waals surface area contributed by atoms with Crippen molar-refractivity contribution in [3.05, 3.63) is 22.4 Å². The van der Waals surface area contributed by atoms with Crippen LogP contribution in [0.15, 0.2) is 21.8 Å². The van der Waals surface area contributed by atoms with Crippen LogP contribution < -0.4 is 10.6 Å². The van der Waals surface area contributed by atoms with Gasteiger partial charge in [0.1, 0.15) is 0 Å². The quantitative estimate of drug-likeness (QED) is 0.322. The van der Waals surface area contributed by atoms with Crippen LogP contribution in [0.1, 0.15) is 25.8 Å². The van der Waals surface area contributed by atoms with Gasteiger partial charge in [0.25, 0.3) is 0 Å². The van der Waals surface area contributed by atoms with Gasteiger partial charge in [-0.2, -0.15) is 11.3 Å². The molecular formula is C13H24IN3OS. The molecule has 0 bridgehead atoms. The molecule has 0 saturated carbocycles. The Morgan fingerprint density at radius 3 is 2.79 bits per heavy atom. The molecule has 110 valence electrons. The molecule has 0 unspecified atom stereocenters. The van der Waals surface area contributed by atoms with Crippen LogP contribution >= 0.6 is 35.3 Å². The predicted octanol–water partition coefficient (Wildman–Crippen LogP) is 2.85. The Hall–Kier alpha value is -0.340. The van der Waals surface area contributed by atoms with E-state index in [9.17, 15) is 0 Å². The van der Waals surface area contributed by atoms with Crippen LogP contribution in [-0.4, -0.2) is 32.3 Å². The molecule has 0 atom stereocenters. The molecule has 0 aromatic carbocycles. The third-order valence-corrected chi connectivity index (χ3v) is 3.06. The third kappa shape index (κ3) is 9.23. The van der Waals surface area contributed by atoms with Gasteiger partial charge in [-0.15, -0.1) is 24.0 Å². The van der Waals surface area contributed by atoms with Crippen LogP contribution in [0, 0.1) is 0 Å². The minimum absolute atomic E-state index is 0. The summed E-state index contributed by atoms with van der Waals surface area (Å²) in [5, 5.41) is 10.8. The van der Waals surface area contributed by atoms with E-state index in [4.69, 9.17) is 4.74 Å². The van der Waals surface area contributed by atoms with E-state index in [0.29, 0.717) is 6.10 Å². The summed E-state index contributed by atoms with van der Waals surface area (Å²) in [4.78, 5) is 4.18. The summed E-state index contributed by atoms with van der Waals surface area (Å²) >= 11 is 1.71. The summed E-state index contributed by atoms with van der Waals surface area (Å²) < 4.78 is 5.48. The monoisotopic (exact) mass is 397 g/mol. The Morgan fingerprint density at radius 2 is 2.21 bits per heavy atom. The fourth-order valence-electron chi connectivity index (χ4n) is 1.40. The second-order valence-corrected chi connectivity index (χ2v) is 5.04. The second kappa shape index (κ2) is 11.5. The van der Waals surface area contributed by atoms with Gasteiger partial charge in [-0.05, 0) is 42.7 Å². The Morgan fingerprint density at radius 1 is 1.42 bits per heavy atom. The molecule has 0 saturated heterocycles. The van der Waals surface area contributed by atoms with Gasteiger partial charge in [-0.3, -0.25) is 4.99 Å². The van der Waals surface area contributed by atoms with Crippen molar-refractivity contribution in [3.8, 4) is 0 Å². The Kier molecular flexibility index (Phi) is 11.3. The summed E-state index contributed by atoms with van der Waals surface area (Å²) in [5.41, 5.74) is 1.28. The summed E-state index contributed by atoms with van der Waals surface area (Å²) in [5.74, 6) is 0.839. The highest BCUT2D eigenvalue weighted by Gasteiger charge is 1.98. The first-order valence-corrected chi connectivity index (χ1v) is 7.24. The van der Waals surface area contributed by atoms with Crippen LogP contribution in [0.25, 0.3) is 0 Å². The Balaban J connectivity index is 0.00000324. The van der Waals surface area contributed by atoms with Crippen molar-refractivity contribution in [1.29, 1.82) is 0 Å². The largest absolute Gasteiger partial charge is 0.379 e. The summed E-state index contributed by atoms with van der Waals surface area (Å²) in [6.45, 7) is 6.57. The molecule has 4 nitrogen and oxygen atoms in total. The van der Waals surface area contributed by atoms with Crippen molar-refractivity contribution in [3.63, 3.8) is 0 Å². The molecule has 0 radical (unpaired) electrons. The van der Waals surface area contributed by atoms with E-state index in [1.165, 1.54) is 5.56 Å². The van der Waals surface area contributed by atoms with Crippen LogP contribution in [0.5, 0.6) is 0 Å². The van der Waals surface area contributed by atoms with E-state index < -0.39 is 0 Å². The summed E-state index contributed by atoms with van der Waals surface area (Å²) in [6, 6.07) is 2.11. The fourth-order valence-corrected chi connectivity index (χ4v) is 2.07. The molecule has 1 aromatic heterocycles. The molecule has 0 aliphatic carbocycles. The van der Waals surface area contributed by atoms with E-state index in [0.717, 1.165) is 32.1 Å². The number of hydrogen-bond donors (Lipinski definition) is 2. The standard InChI is InChI=1S/C13H23N3OS.HI/c1-11(2)17-7-4-6-15-13(14-3)16-9-12-5-8-18-10-12;/h5,8,10-11H,4,6-7,9H2,1-3H3,(H2,14,15,16);1H. The van der Waals surface area contributed by atoms with Crippen molar-refractivity contribution >= 4 is 41.3 Å². The number of ether oxygens (including phenoxy) is 1. The average Bonchev–Trinajstić information content (AvgIpc) is 2.85. The molecule has 0 aliphatic heterocycles. The highest BCUT2D eigenvalue weighted by molar-refractivity contribution is 14.0. The van der Waals surface area contributed by atoms with Crippen molar-refractivity contribution in [1.82, 2.24) is 10.6 Å². The number of halogens is 1. The van der Waals surface area contributed by atoms with Crippen LogP contribution in [0.4, 0.5) is 0 Å². The van der Waals surface area contributed by atoms with Gasteiger partial charge < -0.3 is 15.4 Å². The van der Waals surface area contributed by atoms with Gasteiger partial charge in [0.05, 0.1) is 6.10 Å². The lowest BCUT2D eigenvalue weighted by atomic mass is 10.3. The minimum Gasteiger partial charge on any atom is -0.379 e. The fraction of sp³-hybridized carbons (Fsp3) is 0.615. The van der Waals surface area contributed by atoms with Crippen LogP contribution in [-0.2, 0) is 11.3 Å². The maximum absolute atomic E-state index is 5.48. The smallest absolute Gasteiger partial charge is 0.191 e.